The van der Waals surface area contributed by atoms with Crippen molar-refractivity contribution in [1.29, 1.82) is 0 Å². The Bertz CT molecular complexity index is 1370. The fraction of sp³-hybridized carbons (Fsp3) is 0.515. The molecule has 13 nitrogen and oxygen atoms in total. The maximum atomic E-state index is 13.4. The zero-order valence-electron chi connectivity index (χ0n) is 27.9. The van der Waals surface area contributed by atoms with E-state index in [9.17, 15) is 24.3 Å². The van der Waals surface area contributed by atoms with Crippen LogP contribution in [0.2, 0.25) is 0 Å². The van der Waals surface area contributed by atoms with Crippen molar-refractivity contribution in [2.45, 2.75) is 78.8 Å². The minimum absolute atomic E-state index is 0.0109. The zero-order valence-corrected chi connectivity index (χ0v) is 27.9. The Balaban J connectivity index is 2.84. The van der Waals surface area contributed by atoms with Crippen molar-refractivity contribution in [3.05, 3.63) is 47.1 Å². The monoisotopic (exact) mass is 646 g/mol. The van der Waals surface area contributed by atoms with Crippen molar-refractivity contribution < 1.29 is 52.7 Å². The van der Waals surface area contributed by atoms with E-state index in [0.29, 0.717) is 17.6 Å². The number of carbonyl (C=O) groups excluding carboxylic acids is 4. The number of ether oxygens (including phenoxy) is 6. The van der Waals surface area contributed by atoms with E-state index >= 15 is 0 Å². The minimum Gasteiger partial charge on any atom is -0.492 e. The number of aliphatic hydroxyl groups excluding tert-OH is 1. The number of methoxy groups -OCH3 is 3. The average Bonchev–Trinajstić information content (AvgIpc) is 2.97. The highest BCUT2D eigenvalue weighted by Crippen LogP contribution is 2.45. The Morgan fingerprint density at radius 2 is 1.65 bits per heavy atom. The molecule has 1 aliphatic rings. The van der Waals surface area contributed by atoms with Crippen LogP contribution >= 0.6 is 0 Å². The number of anilines is 1. The van der Waals surface area contributed by atoms with Crippen LogP contribution in [0.1, 0.15) is 53.5 Å². The summed E-state index contributed by atoms with van der Waals surface area (Å²) >= 11 is 0. The third-order valence-electron chi connectivity index (χ3n) is 7.45. The molecule has 0 saturated heterocycles. The number of nitrogens with two attached hydrogens (primary N) is 1. The number of primary amides is 1. The third kappa shape index (κ3) is 10.4. The van der Waals surface area contributed by atoms with Crippen LogP contribution < -0.4 is 25.3 Å². The summed E-state index contributed by atoms with van der Waals surface area (Å²) in [4.78, 5) is 49.4. The second kappa shape index (κ2) is 17.5. The van der Waals surface area contributed by atoms with Crippen molar-refractivity contribution in [1.82, 2.24) is 0 Å². The van der Waals surface area contributed by atoms with Gasteiger partial charge in [0.05, 0.1) is 25.0 Å². The van der Waals surface area contributed by atoms with Crippen LogP contribution in [0.4, 0.5) is 10.5 Å². The highest BCUT2D eigenvalue weighted by Gasteiger charge is 2.31. The summed E-state index contributed by atoms with van der Waals surface area (Å²) in [6.07, 6.45) is 2.57. The van der Waals surface area contributed by atoms with E-state index in [1.165, 1.54) is 47.3 Å². The molecule has 0 radical (unpaired) electrons. The topological polar surface area (TPSA) is 182 Å². The van der Waals surface area contributed by atoms with Gasteiger partial charge in [0.25, 0.3) is 5.91 Å². The molecule has 254 valence electrons. The second-order valence-corrected chi connectivity index (χ2v) is 11.3. The van der Waals surface area contributed by atoms with Gasteiger partial charge in [0.2, 0.25) is 0 Å². The summed E-state index contributed by atoms with van der Waals surface area (Å²) in [7, 11) is 4.30. The van der Waals surface area contributed by atoms with Crippen LogP contribution in [0.15, 0.2) is 41.5 Å². The number of hydrogen-bond donors (Lipinski definition) is 3. The fourth-order valence-corrected chi connectivity index (χ4v) is 5.27. The molecule has 0 unspecified atom stereocenters. The normalized spacial score (nSPS) is 27.6. The molecule has 2 amide bonds. The molecule has 1 aliphatic heterocycles. The highest BCUT2D eigenvalue weighted by molar-refractivity contribution is 6.05. The smallest absolute Gasteiger partial charge is 0.405 e. The van der Waals surface area contributed by atoms with Gasteiger partial charge < -0.3 is 44.6 Å². The maximum Gasteiger partial charge on any atom is 0.405 e. The molecule has 4 N–H and O–H groups in total. The standard InChI is InChI=1S/C33H46N2O11/c1-17-13-23-30(45-22(6)37)24(16-27(31(23)43-9)44-21(5)36)35-32(39)18(2)11-10-12-25(41-7)29(46-33(34)40)20(4)15-19(3)28(38)26(14-17)42-8/h10-12,15-17,19,25-26,28-29,38H,13-14H2,1-9H3,(H2,34,40)(H,35,39)/b12-10+,18-11-,20-15-/t17-,19+,25+,26-,28+,29-/m1/s1. The Morgan fingerprint density at radius 1 is 1.00 bits per heavy atom. The molecule has 2 bridgehead atoms. The summed E-state index contributed by atoms with van der Waals surface area (Å²) in [5.74, 6) is -2.36. The van der Waals surface area contributed by atoms with Gasteiger partial charge >= 0.3 is 18.0 Å². The Labute approximate surface area is 269 Å². The predicted molar refractivity (Wildman–Crippen MR) is 170 cm³/mol. The van der Waals surface area contributed by atoms with E-state index in [-0.39, 0.29) is 40.8 Å². The van der Waals surface area contributed by atoms with Crippen LogP contribution in [-0.4, -0.2) is 74.8 Å². The zero-order chi connectivity index (χ0) is 34.7. The first kappa shape index (κ1) is 38.0. The Morgan fingerprint density at radius 3 is 2.20 bits per heavy atom. The predicted octanol–water partition coefficient (Wildman–Crippen LogP) is 4.01. The lowest BCUT2D eigenvalue weighted by Crippen LogP contribution is -2.37. The largest absolute Gasteiger partial charge is 0.492 e. The van der Waals surface area contributed by atoms with Gasteiger partial charge in [-0.1, -0.05) is 38.2 Å². The lowest BCUT2D eigenvalue weighted by molar-refractivity contribution is -0.133. The Hall–Kier alpha value is -4.20. The number of aliphatic hydroxyl groups is 1. The molecule has 0 aromatic heterocycles. The number of esters is 2. The lowest BCUT2D eigenvalue weighted by Gasteiger charge is -2.30. The van der Waals surface area contributed by atoms with Crippen molar-refractivity contribution in [3.8, 4) is 17.2 Å². The molecule has 1 heterocycles. The number of fused-ring (bicyclic) bond motifs is 2. The summed E-state index contributed by atoms with van der Waals surface area (Å²) in [6, 6.07) is 1.35. The van der Waals surface area contributed by atoms with Gasteiger partial charge in [-0.05, 0) is 38.2 Å². The summed E-state index contributed by atoms with van der Waals surface area (Å²) < 4.78 is 33.4. The van der Waals surface area contributed by atoms with Gasteiger partial charge in [-0.15, -0.1) is 0 Å². The second-order valence-electron chi connectivity index (χ2n) is 11.3. The molecule has 1 aromatic carbocycles. The molecule has 2 rings (SSSR count). The van der Waals surface area contributed by atoms with Crippen LogP contribution in [0, 0.1) is 11.8 Å². The van der Waals surface area contributed by atoms with E-state index in [4.69, 9.17) is 34.2 Å². The van der Waals surface area contributed by atoms with Gasteiger partial charge in [-0.3, -0.25) is 14.4 Å². The summed E-state index contributed by atoms with van der Waals surface area (Å²) in [5.41, 5.74) is 6.62. The van der Waals surface area contributed by atoms with Crippen molar-refractivity contribution in [2.75, 3.05) is 26.6 Å². The average molecular weight is 647 g/mol. The quantitative estimate of drug-likeness (QED) is 0.231. The molecule has 46 heavy (non-hydrogen) atoms. The molecule has 0 aliphatic carbocycles. The van der Waals surface area contributed by atoms with Crippen LogP contribution in [0.3, 0.4) is 0 Å². The summed E-state index contributed by atoms with van der Waals surface area (Å²) in [5, 5.41) is 14.1. The molecule has 13 heteroatoms. The van der Waals surface area contributed by atoms with Crippen molar-refractivity contribution >= 4 is 29.6 Å². The number of hydrogen-bond acceptors (Lipinski definition) is 11. The SMILES string of the molecule is COc1c(OC(C)=O)cc2c(OC(C)=O)c1C[C@@H](C)C[C@@H](OC)[C@@H](O)[C@@H](C)/C=C(/C)[C@@H](OC(N)=O)[C@@H](OC)/C=C/C=C(/C)C(=O)N2. The highest BCUT2D eigenvalue weighted by atomic mass is 16.6. The molecule has 1 aromatic rings. The van der Waals surface area contributed by atoms with E-state index in [2.05, 4.69) is 5.32 Å². The van der Waals surface area contributed by atoms with Crippen LogP contribution in [0.25, 0.3) is 0 Å². The number of allylic oxidation sites excluding steroid dienone is 2. The van der Waals surface area contributed by atoms with Crippen molar-refractivity contribution in [3.63, 3.8) is 0 Å². The van der Waals surface area contributed by atoms with E-state index in [1.54, 1.807) is 39.0 Å². The number of rotatable bonds is 6. The van der Waals surface area contributed by atoms with Gasteiger partial charge in [0.15, 0.2) is 23.4 Å². The van der Waals surface area contributed by atoms with Gasteiger partial charge in [0.1, 0.15) is 6.10 Å². The van der Waals surface area contributed by atoms with E-state index in [1.807, 2.05) is 6.92 Å². The number of benzene rings is 1. The van der Waals surface area contributed by atoms with Crippen molar-refractivity contribution in [2.24, 2.45) is 17.6 Å². The first-order valence-electron chi connectivity index (χ1n) is 14.8. The van der Waals surface area contributed by atoms with Crippen LogP contribution in [0.5, 0.6) is 17.2 Å². The molecular formula is C33H46N2O11. The molecule has 6 atom stereocenters. The fourth-order valence-electron chi connectivity index (χ4n) is 5.27. The number of nitrogens with one attached hydrogen (secondary N) is 1. The molecular weight excluding hydrogens is 600 g/mol. The third-order valence-corrected chi connectivity index (χ3v) is 7.45. The maximum absolute atomic E-state index is 13.4. The van der Waals surface area contributed by atoms with Crippen LogP contribution in [-0.2, 0) is 35.0 Å². The van der Waals surface area contributed by atoms with Gasteiger partial charge in [-0.2, -0.15) is 0 Å². The molecule has 0 saturated carbocycles. The van der Waals surface area contributed by atoms with E-state index in [0.717, 1.165) is 0 Å². The lowest BCUT2D eigenvalue weighted by atomic mass is 9.87. The number of amides is 2. The van der Waals surface area contributed by atoms with E-state index < -0.39 is 54.3 Å². The summed E-state index contributed by atoms with van der Waals surface area (Å²) in [6.45, 7) is 9.43. The molecule has 0 fully saturated rings. The van der Waals surface area contributed by atoms with Gasteiger partial charge in [0, 0.05) is 51.2 Å². The Kier molecular flexibility index (Phi) is 14.4. The first-order valence-corrected chi connectivity index (χ1v) is 14.8. The number of carbonyl (C=O) groups is 4. The minimum atomic E-state index is -1.01. The van der Waals surface area contributed by atoms with Gasteiger partial charge in [-0.25, -0.2) is 4.79 Å². The first-order chi connectivity index (χ1) is 21.6. The molecule has 0 spiro atoms.